The van der Waals surface area contributed by atoms with E-state index in [0.717, 1.165) is 31.5 Å². The highest BCUT2D eigenvalue weighted by atomic mass is 16.3. The van der Waals surface area contributed by atoms with Crippen molar-refractivity contribution < 1.29 is 5.11 Å². The van der Waals surface area contributed by atoms with Gasteiger partial charge in [0.05, 0.1) is 6.10 Å². The first kappa shape index (κ1) is 8.52. The van der Waals surface area contributed by atoms with Gasteiger partial charge in [-0.3, -0.25) is 4.90 Å². The van der Waals surface area contributed by atoms with Crippen LogP contribution in [0.5, 0.6) is 0 Å². The number of β-amino-alcohol motifs (C(OH)–C–C–N with tert-alkyl or cyclic N) is 1. The van der Waals surface area contributed by atoms with Crippen LogP contribution in [0.25, 0.3) is 0 Å². The van der Waals surface area contributed by atoms with Gasteiger partial charge in [0.15, 0.2) is 0 Å². The largest absolute Gasteiger partial charge is 0.392 e. The van der Waals surface area contributed by atoms with Gasteiger partial charge in [0, 0.05) is 19.1 Å². The van der Waals surface area contributed by atoms with E-state index >= 15 is 0 Å². The van der Waals surface area contributed by atoms with Crippen LogP contribution in [-0.4, -0.2) is 35.2 Å². The average molecular weight is 169 g/mol. The Balaban J connectivity index is 1.85. The highest BCUT2D eigenvalue weighted by molar-refractivity contribution is 4.86. The lowest BCUT2D eigenvalue weighted by molar-refractivity contribution is 0.159. The molecule has 2 nitrogen and oxygen atoms in total. The second-order valence-corrected chi connectivity index (χ2v) is 4.51. The maximum atomic E-state index is 9.38. The number of rotatable bonds is 1. The average Bonchev–Trinajstić information content (AvgIpc) is 2.58. The Bertz CT molecular complexity index is 142. The number of nitrogens with zero attached hydrogens (tertiary/aromatic N) is 1. The molecule has 12 heavy (non-hydrogen) atoms. The molecule has 1 heterocycles. The topological polar surface area (TPSA) is 23.5 Å². The molecule has 2 unspecified atom stereocenters. The molecule has 3 atom stereocenters. The summed E-state index contributed by atoms with van der Waals surface area (Å²) in [6, 6.07) is 0.789. The van der Waals surface area contributed by atoms with Crippen LogP contribution in [0.3, 0.4) is 0 Å². The molecule has 0 aromatic rings. The fraction of sp³-hybridized carbons (Fsp3) is 1.00. The molecule has 2 aliphatic rings. The van der Waals surface area contributed by atoms with Crippen LogP contribution in [0.1, 0.15) is 32.6 Å². The predicted molar refractivity (Wildman–Crippen MR) is 49.0 cm³/mol. The molecule has 2 rings (SSSR count). The summed E-state index contributed by atoms with van der Waals surface area (Å²) in [4.78, 5) is 2.48. The zero-order valence-electron chi connectivity index (χ0n) is 7.87. The van der Waals surface area contributed by atoms with E-state index in [1.54, 1.807) is 0 Å². The molecule has 1 aliphatic heterocycles. The van der Waals surface area contributed by atoms with Crippen molar-refractivity contribution in [2.45, 2.75) is 44.8 Å². The standard InChI is InChI=1S/C10H19NO/c1-8-2-3-9(6-8)11-5-4-10(12)7-11/h8-10,12H,2-7H2,1H3/t8?,9?,10-/m1/s1. The van der Waals surface area contributed by atoms with Crippen molar-refractivity contribution in [3.63, 3.8) is 0 Å². The van der Waals surface area contributed by atoms with Crippen molar-refractivity contribution in [3.8, 4) is 0 Å². The number of aliphatic hydroxyl groups is 1. The third-order valence-electron chi connectivity index (χ3n) is 3.38. The molecule has 1 saturated heterocycles. The van der Waals surface area contributed by atoms with Crippen LogP contribution in [0.15, 0.2) is 0 Å². The summed E-state index contributed by atoms with van der Waals surface area (Å²) in [7, 11) is 0. The molecule has 1 N–H and O–H groups in total. The molecule has 2 heteroatoms. The zero-order valence-corrected chi connectivity index (χ0v) is 7.87. The Hall–Kier alpha value is -0.0800. The molecule has 0 aromatic heterocycles. The van der Waals surface area contributed by atoms with E-state index in [-0.39, 0.29) is 6.10 Å². The summed E-state index contributed by atoms with van der Waals surface area (Å²) < 4.78 is 0. The van der Waals surface area contributed by atoms with Gasteiger partial charge >= 0.3 is 0 Å². The second kappa shape index (κ2) is 3.35. The first-order chi connectivity index (χ1) is 5.75. The Morgan fingerprint density at radius 3 is 2.58 bits per heavy atom. The maximum absolute atomic E-state index is 9.38. The van der Waals surface area contributed by atoms with Crippen molar-refractivity contribution in [2.75, 3.05) is 13.1 Å². The van der Waals surface area contributed by atoms with E-state index in [0.29, 0.717) is 0 Å². The van der Waals surface area contributed by atoms with Crippen LogP contribution in [0, 0.1) is 5.92 Å². The van der Waals surface area contributed by atoms with E-state index in [9.17, 15) is 5.11 Å². The first-order valence-corrected chi connectivity index (χ1v) is 5.18. The van der Waals surface area contributed by atoms with Gasteiger partial charge in [0.1, 0.15) is 0 Å². The summed E-state index contributed by atoms with van der Waals surface area (Å²) in [6.07, 6.45) is 5.05. The molecule has 1 aliphatic carbocycles. The fourth-order valence-electron chi connectivity index (χ4n) is 2.61. The number of aliphatic hydroxyl groups excluding tert-OH is 1. The van der Waals surface area contributed by atoms with Crippen molar-refractivity contribution >= 4 is 0 Å². The second-order valence-electron chi connectivity index (χ2n) is 4.51. The minimum absolute atomic E-state index is 0.0408. The van der Waals surface area contributed by atoms with E-state index in [1.165, 1.54) is 19.3 Å². The molecule has 0 spiro atoms. The minimum atomic E-state index is -0.0408. The van der Waals surface area contributed by atoms with Crippen molar-refractivity contribution in [3.05, 3.63) is 0 Å². The lowest BCUT2D eigenvalue weighted by Crippen LogP contribution is -2.31. The third kappa shape index (κ3) is 1.64. The van der Waals surface area contributed by atoms with Crippen molar-refractivity contribution in [1.82, 2.24) is 4.90 Å². The van der Waals surface area contributed by atoms with Gasteiger partial charge in [-0.25, -0.2) is 0 Å². The van der Waals surface area contributed by atoms with E-state index in [1.807, 2.05) is 0 Å². The first-order valence-electron chi connectivity index (χ1n) is 5.18. The van der Waals surface area contributed by atoms with Crippen LogP contribution in [-0.2, 0) is 0 Å². The van der Waals surface area contributed by atoms with Gasteiger partial charge in [0.2, 0.25) is 0 Å². The molecule has 70 valence electrons. The van der Waals surface area contributed by atoms with Gasteiger partial charge in [-0.1, -0.05) is 6.92 Å². The smallest absolute Gasteiger partial charge is 0.0679 e. The third-order valence-corrected chi connectivity index (χ3v) is 3.38. The van der Waals surface area contributed by atoms with Crippen molar-refractivity contribution in [1.29, 1.82) is 0 Å². The summed E-state index contributed by atoms with van der Waals surface area (Å²) in [5.41, 5.74) is 0. The number of likely N-dealkylation sites (tertiary alicyclic amines) is 1. The maximum Gasteiger partial charge on any atom is 0.0679 e. The minimum Gasteiger partial charge on any atom is -0.392 e. The Labute approximate surface area is 74.6 Å². The Morgan fingerprint density at radius 2 is 2.08 bits per heavy atom. The zero-order chi connectivity index (χ0) is 8.55. The molecule has 0 amide bonds. The highest BCUT2D eigenvalue weighted by Crippen LogP contribution is 2.30. The number of hydrogen-bond acceptors (Lipinski definition) is 2. The van der Waals surface area contributed by atoms with Crippen LogP contribution >= 0.6 is 0 Å². The molecule has 0 bridgehead atoms. The van der Waals surface area contributed by atoms with Gasteiger partial charge in [-0.15, -0.1) is 0 Å². The molecule has 0 aromatic carbocycles. The lowest BCUT2D eigenvalue weighted by atomic mass is 10.1. The summed E-state index contributed by atoms with van der Waals surface area (Å²) in [5, 5.41) is 9.38. The normalized spacial score (nSPS) is 44.0. The van der Waals surface area contributed by atoms with Gasteiger partial charge in [-0.05, 0) is 31.6 Å². The van der Waals surface area contributed by atoms with E-state index in [4.69, 9.17) is 0 Å². The van der Waals surface area contributed by atoms with Crippen molar-refractivity contribution in [2.24, 2.45) is 5.92 Å². The Kier molecular flexibility index (Phi) is 2.37. The molecule has 0 radical (unpaired) electrons. The van der Waals surface area contributed by atoms with Gasteiger partial charge in [0.25, 0.3) is 0 Å². The molecule has 1 saturated carbocycles. The van der Waals surface area contributed by atoms with E-state index < -0.39 is 0 Å². The van der Waals surface area contributed by atoms with E-state index in [2.05, 4.69) is 11.8 Å². The molecule has 2 fully saturated rings. The van der Waals surface area contributed by atoms with Crippen LogP contribution < -0.4 is 0 Å². The summed E-state index contributed by atoms with van der Waals surface area (Å²) >= 11 is 0. The quantitative estimate of drug-likeness (QED) is 0.638. The van der Waals surface area contributed by atoms with Crippen LogP contribution in [0.2, 0.25) is 0 Å². The molecular formula is C10H19NO. The fourth-order valence-corrected chi connectivity index (χ4v) is 2.61. The summed E-state index contributed by atoms with van der Waals surface area (Å²) in [5.74, 6) is 0.910. The van der Waals surface area contributed by atoms with Gasteiger partial charge < -0.3 is 5.11 Å². The highest BCUT2D eigenvalue weighted by Gasteiger charge is 2.31. The van der Waals surface area contributed by atoms with Crippen LogP contribution in [0.4, 0.5) is 0 Å². The number of hydrogen-bond donors (Lipinski definition) is 1. The predicted octanol–water partition coefficient (Wildman–Crippen LogP) is 1.24. The SMILES string of the molecule is CC1CCC(N2CC[C@@H](O)C2)C1. The monoisotopic (exact) mass is 169 g/mol. The van der Waals surface area contributed by atoms with Gasteiger partial charge in [-0.2, -0.15) is 0 Å². The lowest BCUT2D eigenvalue weighted by Gasteiger charge is -2.22. The summed E-state index contributed by atoms with van der Waals surface area (Å²) in [6.45, 7) is 4.39. The Morgan fingerprint density at radius 1 is 1.25 bits per heavy atom. The molecular weight excluding hydrogens is 150 g/mol.